The Morgan fingerprint density at radius 3 is 2.83 bits per heavy atom. The van der Waals surface area contributed by atoms with Gasteiger partial charge >= 0.3 is 5.97 Å². The summed E-state index contributed by atoms with van der Waals surface area (Å²) in [5.41, 5.74) is 2.48. The number of cyclic esters (lactones) is 1. The van der Waals surface area contributed by atoms with Crippen LogP contribution in [-0.2, 0) is 15.1 Å². The van der Waals surface area contributed by atoms with E-state index in [1.54, 1.807) is 11.3 Å². The molecule has 128 valence electrons. The average molecular weight is 344 g/mol. The molecule has 1 aliphatic heterocycles. The molecular formula is C19H24N2O2S. The number of unbranched alkanes of at least 4 members (excludes halogenated alkanes) is 1. The number of thiazole rings is 1. The van der Waals surface area contributed by atoms with E-state index in [0.717, 1.165) is 42.2 Å². The van der Waals surface area contributed by atoms with E-state index in [2.05, 4.69) is 36.3 Å². The maximum absolute atomic E-state index is 12.1. The van der Waals surface area contributed by atoms with Crippen molar-refractivity contribution in [3.05, 3.63) is 40.9 Å². The van der Waals surface area contributed by atoms with Gasteiger partial charge in [-0.15, -0.1) is 11.3 Å². The lowest BCUT2D eigenvalue weighted by Crippen LogP contribution is -2.21. The lowest BCUT2D eigenvalue weighted by molar-refractivity contribution is -0.150. The maximum atomic E-state index is 12.1. The van der Waals surface area contributed by atoms with Crippen LogP contribution in [0.2, 0.25) is 0 Å². The smallest absolute Gasteiger partial charge is 0.310 e. The summed E-state index contributed by atoms with van der Waals surface area (Å²) in [6.07, 6.45) is 3.79. The van der Waals surface area contributed by atoms with Gasteiger partial charge in [-0.3, -0.25) is 4.79 Å². The van der Waals surface area contributed by atoms with E-state index in [9.17, 15) is 4.79 Å². The first kappa shape index (κ1) is 17.0. The van der Waals surface area contributed by atoms with Crippen molar-refractivity contribution in [1.82, 2.24) is 4.98 Å². The lowest BCUT2D eigenvalue weighted by atomic mass is 9.90. The summed E-state index contributed by atoms with van der Waals surface area (Å²) in [7, 11) is 0. The topological polar surface area (TPSA) is 51.2 Å². The molecule has 0 unspecified atom stereocenters. The molecule has 0 amide bonds. The first-order valence-corrected chi connectivity index (χ1v) is 9.40. The molecule has 0 bridgehead atoms. The normalized spacial score (nSPS) is 23.3. The first-order chi connectivity index (χ1) is 11.5. The Hall–Kier alpha value is -1.88. The summed E-state index contributed by atoms with van der Waals surface area (Å²) in [6.45, 7) is 6.18. The van der Waals surface area contributed by atoms with Gasteiger partial charge < -0.3 is 10.1 Å². The van der Waals surface area contributed by atoms with Gasteiger partial charge in [0.05, 0.1) is 11.6 Å². The molecule has 1 saturated heterocycles. The van der Waals surface area contributed by atoms with Crippen LogP contribution in [0.5, 0.6) is 0 Å². The summed E-state index contributed by atoms with van der Waals surface area (Å²) in [4.78, 5) is 16.8. The third-order valence-corrected chi connectivity index (χ3v) is 5.31. The molecule has 1 aliphatic rings. The van der Waals surface area contributed by atoms with Crippen molar-refractivity contribution >= 4 is 28.1 Å². The van der Waals surface area contributed by atoms with Crippen LogP contribution in [-0.4, -0.2) is 11.0 Å². The van der Waals surface area contributed by atoms with Crippen molar-refractivity contribution < 1.29 is 9.53 Å². The molecule has 2 atom stereocenters. The van der Waals surface area contributed by atoms with E-state index in [0.29, 0.717) is 0 Å². The molecule has 0 saturated carbocycles. The van der Waals surface area contributed by atoms with Crippen LogP contribution in [0.3, 0.4) is 0 Å². The van der Waals surface area contributed by atoms with E-state index in [4.69, 9.17) is 4.74 Å². The van der Waals surface area contributed by atoms with Crippen molar-refractivity contribution in [2.24, 2.45) is 5.92 Å². The number of hydrogen-bond donors (Lipinski definition) is 1. The van der Waals surface area contributed by atoms with E-state index in [1.807, 2.05) is 24.4 Å². The van der Waals surface area contributed by atoms with E-state index in [-0.39, 0.29) is 11.9 Å². The molecule has 4 nitrogen and oxygen atoms in total. The Morgan fingerprint density at radius 1 is 1.38 bits per heavy atom. The Balaban J connectivity index is 1.70. The third kappa shape index (κ3) is 3.61. The zero-order valence-electron chi connectivity index (χ0n) is 14.5. The minimum absolute atomic E-state index is 0.00478. The van der Waals surface area contributed by atoms with Gasteiger partial charge in [-0.05, 0) is 32.4 Å². The van der Waals surface area contributed by atoms with Crippen LogP contribution in [0.15, 0.2) is 29.6 Å². The minimum atomic E-state index is -0.598. The molecule has 1 N–H and O–H groups in total. The summed E-state index contributed by atoms with van der Waals surface area (Å²) >= 11 is 1.54. The van der Waals surface area contributed by atoms with Crippen LogP contribution >= 0.6 is 11.3 Å². The van der Waals surface area contributed by atoms with Crippen LogP contribution in [0, 0.1) is 12.8 Å². The number of rotatable bonds is 6. The fourth-order valence-electron chi connectivity index (χ4n) is 3.06. The molecule has 1 fully saturated rings. The number of benzene rings is 1. The molecule has 3 rings (SSSR count). The van der Waals surface area contributed by atoms with Crippen molar-refractivity contribution in [2.75, 3.05) is 5.32 Å². The standard InChI is InChI=1S/C19H24N2O2S/c1-4-5-6-14-11-19(3,23-17(14)22)16-12-24-18(21-16)20-15-9-7-13(2)8-10-15/h7-10,12,14H,4-6,11H2,1-3H3,(H,20,21)/t14-,19-/m0/s1. The quantitative estimate of drug-likeness (QED) is 0.735. The van der Waals surface area contributed by atoms with Crippen LogP contribution < -0.4 is 5.32 Å². The second kappa shape index (κ2) is 6.93. The van der Waals surface area contributed by atoms with Gasteiger partial charge in [-0.2, -0.15) is 0 Å². The van der Waals surface area contributed by atoms with E-state index in [1.165, 1.54) is 5.56 Å². The van der Waals surface area contributed by atoms with Crippen LogP contribution in [0.25, 0.3) is 0 Å². The van der Waals surface area contributed by atoms with Crippen LogP contribution in [0.1, 0.15) is 50.8 Å². The molecule has 5 heteroatoms. The van der Waals surface area contributed by atoms with Gasteiger partial charge in [0.25, 0.3) is 0 Å². The van der Waals surface area contributed by atoms with Crippen molar-refractivity contribution in [3.8, 4) is 0 Å². The maximum Gasteiger partial charge on any atom is 0.310 e. The molecular weight excluding hydrogens is 320 g/mol. The monoisotopic (exact) mass is 344 g/mol. The molecule has 2 heterocycles. The lowest BCUT2D eigenvalue weighted by Gasteiger charge is -2.19. The SMILES string of the molecule is CCCC[C@H]1C[C@@](C)(c2csc(Nc3ccc(C)cc3)n2)OC1=O. The number of carbonyl (C=O) groups excluding carboxylic acids is 1. The Bertz CT molecular complexity index is 710. The van der Waals surface area contributed by atoms with Crippen molar-refractivity contribution in [3.63, 3.8) is 0 Å². The third-order valence-electron chi connectivity index (χ3n) is 4.55. The zero-order chi connectivity index (χ0) is 17.2. The fourth-order valence-corrected chi connectivity index (χ4v) is 3.92. The molecule has 0 aliphatic carbocycles. The summed E-state index contributed by atoms with van der Waals surface area (Å²) < 4.78 is 5.70. The van der Waals surface area contributed by atoms with Crippen molar-refractivity contribution in [1.29, 1.82) is 0 Å². The highest BCUT2D eigenvalue weighted by Gasteiger charge is 2.45. The van der Waals surface area contributed by atoms with E-state index < -0.39 is 5.60 Å². The number of hydrogen-bond acceptors (Lipinski definition) is 5. The van der Waals surface area contributed by atoms with Gasteiger partial charge in [-0.25, -0.2) is 4.98 Å². The first-order valence-electron chi connectivity index (χ1n) is 8.53. The van der Waals surface area contributed by atoms with Gasteiger partial charge in [0.2, 0.25) is 0 Å². The predicted octanol–water partition coefficient (Wildman–Crippen LogP) is 5.16. The number of carbonyl (C=O) groups is 1. The highest BCUT2D eigenvalue weighted by atomic mass is 32.1. The Morgan fingerprint density at radius 2 is 2.12 bits per heavy atom. The molecule has 1 aromatic carbocycles. The number of esters is 1. The van der Waals surface area contributed by atoms with Gasteiger partial charge in [0.15, 0.2) is 10.7 Å². The molecule has 0 spiro atoms. The number of aromatic nitrogens is 1. The van der Waals surface area contributed by atoms with Gasteiger partial charge in [0, 0.05) is 17.5 Å². The van der Waals surface area contributed by atoms with Crippen molar-refractivity contribution in [2.45, 2.75) is 52.1 Å². The molecule has 0 radical (unpaired) electrons. The molecule has 2 aromatic rings. The summed E-state index contributed by atoms with van der Waals surface area (Å²) in [5.74, 6) is -0.0721. The number of anilines is 2. The summed E-state index contributed by atoms with van der Waals surface area (Å²) in [5, 5.41) is 6.13. The fraction of sp³-hybridized carbons (Fsp3) is 0.474. The van der Waals surface area contributed by atoms with Gasteiger partial charge in [-0.1, -0.05) is 37.5 Å². The number of aryl methyl sites for hydroxylation is 1. The highest BCUT2D eigenvalue weighted by molar-refractivity contribution is 7.13. The Kier molecular flexibility index (Phi) is 4.90. The second-order valence-electron chi connectivity index (χ2n) is 6.72. The number of nitrogens with one attached hydrogen (secondary N) is 1. The largest absolute Gasteiger partial charge is 0.453 e. The number of ether oxygens (including phenoxy) is 1. The second-order valence-corrected chi connectivity index (χ2v) is 7.58. The highest BCUT2D eigenvalue weighted by Crippen LogP contribution is 2.42. The predicted molar refractivity (Wildman–Crippen MR) is 97.7 cm³/mol. The zero-order valence-corrected chi connectivity index (χ0v) is 15.3. The number of nitrogens with zero attached hydrogens (tertiary/aromatic N) is 1. The molecule has 24 heavy (non-hydrogen) atoms. The van der Waals surface area contributed by atoms with E-state index >= 15 is 0 Å². The molecule has 1 aromatic heterocycles. The average Bonchev–Trinajstić information content (AvgIpc) is 3.13. The summed E-state index contributed by atoms with van der Waals surface area (Å²) in [6, 6.07) is 8.20. The minimum Gasteiger partial charge on any atom is -0.453 e. The Labute approximate surface area is 147 Å². The van der Waals surface area contributed by atoms with Gasteiger partial charge in [0.1, 0.15) is 0 Å². The van der Waals surface area contributed by atoms with Crippen LogP contribution in [0.4, 0.5) is 10.8 Å².